The Morgan fingerprint density at radius 1 is 1.00 bits per heavy atom. The molecule has 3 N–H and O–H groups in total. The topological polar surface area (TPSA) is 87.7 Å². The second-order valence-corrected chi connectivity index (χ2v) is 5.65. The highest BCUT2D eigenvalue weighted by atomic mass is 16.5. The van der Waals surface area contributed by atoms with Crippen molar-refractivity contribution < 1.29 is 19.4 Å². The van der Waals surface area contributed by atoms with E-state index in [0.29, 0.717) is 12.8 Å². The molecule has 6 nitrogen and oxygen atoms in total. The summed E-state index contributed by atoms with van der Waals surface area (Å²) in [5, 5.41) is 14.4. The molecule has 0 aliphatic carbocycles. The van der Waals surface area contributed by atoms with Crippen LogP contribution in [0.5, 0.6) is 5.75 Å². The summed E-state index contributed by atoms with van der Waals surface area (Å²) < 4.78 is 5.17. The standard InChI is InChI=1S/C17H19NO3.C3H7NO.2C2H6/c1-13(11-14-7-9-16(19)10-8-14)18-17(20)21-12-15-5-3-2-4-6-15;1-2-4-3-5;2*1-2/h2-10,13,19H,11-12H2,1H3,(H,18,20);3H,2H2,1H3,(H,4,5);2*1-2H3/t13-;;;/m1.../s1. The van der Waals surface area contributed by atoms with Crippen LogP contribution in [0.4, 0.5) is 4.79 Å². The number of hydrogen-bond donors (Lipinski definition) is 3. The molecule has 0 aliphatic heterocycles. The number of alkyl carbamates (subject to hydrolysis) is 1. The second-order valence-electron chi connectivity index (χ2n) is 5.65. The van der Waals surface area contributed by atoms with E-state index in [9.17, 15) is 14.7 Å². The van der Waals surface area contributed by atoms with Gasteiger partial charge in [0.25, 0.3) is 0 Å². The molecule has 0 aliphatic rings. The highest BCUT2D eigenvalue weighted by molar-refractivity contribution is 5.67. The fourth-order valence-corrected chi connectivity index (χ4v) is 2.09. The van der Waals surface area contributed by atoms with Gasteiger partial charge >= 0.3 is 6.09 Å². The molecule has 2 amide bonds. The maximum atomic E-state index is 11.7. The van der Waals surface area contributed by atoms with Gasteiger partial charge in [0.1, 0.15) is 12.4 Å². The Hall–Kier alpha value is -3.02. The van der Waals surface area contributed by atoms with Crippen molar-refractivity contribution in [2.45, 2.75) is 60.6 Å². The molecule has 168 valence electrons. The van der Waals surface area contributed by atoms with E-state index >= 15 is 0 Å². The molecular weight excluding hydrogens is 380 g/mol. The Morgan fingerprint density at radius 2 is 1.57 bits per heavy atom. The number of rotatable bonds is 7. The largest absolute Gasteiger partial charge is 0.508 e. The number of aromatic hydroxyl groups is 1. The molecule has 1 atom stereocenters. The van der Waals surface area contributed by atoms with Crippen LogP contribution >= 0.6 is 0 Å². The van der Waals surface area contributed by atoms with Gasteiger partial charge in [-0.2, -0.15) is 0 Å². The van der Waals surface area contributed by atoms with Crippen molar-refractivity contribution in [2.75, 3.05) is 6.54 Å². The third kappa shape index (κ3) is 16.0. The minimum absolute atomic E-state index is 0.0437. The average molecular weight is 419 g/mol. The van der Waals surface area contributed by atoms with E-state index in [2.05, 4.69) is 10.6 Å². The molecule has 0 saturated carbocycles. The highest BCUT2D eigenvalue weighted by Gasteiger charge is 2.09. The van der Waals surface area contributed by atoms with Crippen molar-refractivity contribution in [3.63, 3.8) is 0 Å². The number of nitrogens with one attached hydrogen (secondary N) is 2. The van der Waals surface area contributed by atoms with Crippen LogP contribution in [0.15, 0.2) is 54.6 Å². The van der Waals surface area contributed by atoms with Gasteiger partial charge in [-0.25, -0.2) is 4.79 Å². The number of phenolic OH excluding ortho intramolecular Hbond substituents is 1. The van der Waals surface area contributed by atoms with E-state index in [4.69, 9.17) is 4.74 Å². The molecule has 0 spiro atoms. The number of carbonyl (C=O) groups excluding carboxylic acids is 2. The molecule has 0 heterocycles. The van der Waals surface area contributed by atoms with Gasteiger partial charge in [-0.3, -0.25) is 4.79 Å². The van der Waals surface area contributed by atoms with Crippen molar-refractivity contribution in [1.29, 1.82) is 0 Å². The Balaban J connectivity index is 0. The van der Waals surface area contributed by atoms with Gasteiger partial charge in [-0.1, -0.05) is 70.2 Å². The Bertz CT molecular complexity index is 646. The molecule has 0 saturated heterocycles. The first-order valence-corrected chi connectivity index (χ1v) is 10.5. The van der Waals surface area contributed by atoms with Gasteiger partial charge in [-0.15, -0.1) is 0 Å². The summed E-state index contributed by atoms with van der Waals surface area (Å²) in [5.74, 6) is 0.238. The maximum Gasteiger partial charge on any atom is 0.407 e. The van der Waals surface area contributed by atoms with E-state index in [1.54, 1.807) is 12.1 Å². The number of amides is 2. The van der Waals surface area contributed by atoms with Crippen LogP contribution in [0.2, 0.25) is 0 Å². The van der Waals surface area contributed by atoms with Crippen LogP contribution in [0.3, 0.4) is 0 Å². The summed E-state index contributed by atoms with van der Waals surface area (Å²) in [7, 11) is 0. The third-order valence-corrected chi connectivity index (χ3v) is 3.34. The van der Waals surface area contributed by atoms with Crippen LogP contribution < -0.4 is 10.6 Å². The SMILES string of the molecule is CC.CC.CCNC=O.C[C@H](Cc1ccc(O)cc1)NC(=O)OCc1ccccc1. The summed E-state index contributed by atoms with van der Waals surface area (Å²) in [6.45, 7) is 12.8. The molecule has 0 radical (unpaired) electrons. The average Bonchev–Trinajstić information content (AvgIpc) is 2.78. The predicted molar refractivity (Wildman–Crippen MR) is 123 cm³/mol. The maximum absolute atomic E-state index is 11.7. The lowest BCUT2D eigenvalue weighted by molar-refractivity contribution is -0.109. The number of benzene rings is 2. The predicted octanol–water partition coefficient (Wildman–Crippen LogP) is 5.05. The van der Waals surface area contributed by atoms with E-state index in [1.165, 1.54) is 0 Å². The molecule has 30 heavy (non-hydrogen) atoms. The number of hydrogen-bond acceptors (Lipinski definition) is 4. The van der Waals surface area contributed by atoms with Crippen molar-refractivity contribution in [3.05, 3.63) is 65.7 Å². The number of carbonyl (C=O) groups is 2. The first-order valence-electron chi connectivity index (χ1n) is 10.5. The van der Waals surface area contributed by atoms with E-state index in [-0.39, 0.29) is 18.4 Å². The zero-order valence-corrected chi connectivity index (χ0v) is 19.1. The molecule has 0 bridgehead atoms. The van der Waals surface area contributed by atoms with Crippen molar-refractivity contribution >= 4 is 12.5 Å². The number of ether oxygens (including phenoxy) is 1. The number of phenols is 1. The second kappa shape index (κ2) is 20.7. The van der Waals surface area contributed by atoms with Crippen molar-refractivity contribution in [2.24, 2.45) is 0 Å². The summed E-state index contributed by atoms with van der Waals surface area (Å²) in [6, 6.07) is 16.5. The molecule has 2 aromatic rings. The van der Waals surface area contributed by atoms with Crippen LogP contribution in [0, 0.1) is 0 Å². The van der Waals surface area contributed by atoms with Crippen LogP contribution in [0.25, 0.3) is 0 Å². The van der Waals surface area contributed by atoms with E-state index < -0.39 is 6.09 Å². The normalized spacial score (nSPS) is 9.67. The van der Waals surface area contributed by atoms with Gasteiger partial charge in [0.2, 0.25) is 6.41 Å². The lowest BCUT2D eigenvalue weighted by atomic mass is 10.1. The third-order valence-electron chi connectivity index (χ3n) is 3.34. The quantitative estimate of drug-likeness (QED) is 0.549. The van der Waals surface area contributed by atoms with Crippen LogP contribution in [-0.4, -0.2) is 30.2 Å². The monoisotopic (exact) mass is 418 g/mol. The Morgan fingerprint density at radius 3 is 2.03 bits per heavy atom. The first kappa shape index (κ1) is 29.2. The summed E-state index contributed by atoms with van der Waals surface area (Å²) in [4.78, 5) is 21.0. The fourth-order valence-electron chi connectivity index (χ4n) is 2.09. The van der Waals surface area contributed by atoms with Gasteiger partial charge in [0.15, 0.2) is 0 Å². The Kier molecular flexibility index (Phi) is 20.1. The van der Waals surface area contributed by atoms with E-state index in [0.717, 1.165) is 17.7 Å². The lowest BCUT2D eigenvalue weighted by Gasteiger charge is -2.14. The molecule has 0 unspecified atom stereocenters. The molecule has 0 fully saturated rings. The smallest absolute Gasteiger partial charge is 0.407 e. The van der Waals surface area contributed by atoms with Crippen molar-refractivity contribution in [3.8, 4) is 5.75 Å². The summed E-state index contributed by atoms with van der Waals surface area (Å²) >= 11 is 0. The molecule has 6 heteroatoms. The Labute approximate surface area is 181 Å². The van der Waals surface area contributed by atoms with Crippen LogP contribution in [-0.2, 0) is 22.6 Å². The van der Waals surface area contributed by atoms with Gasteiger partial charge in [-0.05, 0) is 43.5 Å². The highest BCUT2D eigenvalue weighted by Crippen LogP contribution is 2.11. The van der Waals surface area contributed by atoms with Crippen molar-refractivity contribution in [1.82, 2.24) is 10.6 Å². The summed E-state index contributed by atoms with van der Waals surface area (Å²) in [6.07, 6.45) is 0.936. The molecule has 2 rings (SSSR count). The zero-order valence-electron chi connectivity index (χ0n) is 19.1. The first-order chi connectivity index (χ1) is 14.5. The molecule has 2 aromatic carbocycles. The van der Waals surface area contributed by atoms with Gasteiger partial charge in [0, 0.05) is 12.6 Å². The molecular formula is C24H38N2O4. The van der Waals surface area contributed by atoms with Gasteiger partial charge < -0.3 is 20.5 Å². The molecule has 0 aromatic heterocycles. The van der Waals surface area contributed by atoms with Crippen LogP contribution in [0.1, 0.15) is 52.7 Å². The lowest BCUT2D eigenvalue weighted by Crippen LogP contribution is -2.34. The van der Waals surface area contributed by atoms with E-state index in [1.807, 2.05) is 84.0 Å². The zero-order chi connectivity index (χ0) is 23.2. The minimum Gasteiger partial charge on any atom is -0.508 e. The van der Waals surface area contributed by atoms with Gasteiger partial charge in [0.05, 0.1) is 0 Å². The fraction of sp³-hybridized carbons (Fsp3) is 0.417. The minimum atomic E-state index is -0.426. The summed E-state index contributed by atoms with van der Waals surface area (Å²) in [5.41, 5.74) is 2.00.